The second-order valence-electron chi connectivity index (χ2n) is 4.54. The van der Waals surface area contributed by atoms with Gasteiger partial charge in [0, 0.05) is 6.54 Å². The van der Waals surface area contributed by atoms with Crippen LogP contribution in [0.3, 0.4) is 0 Å². The maximum Gasteiger partial charge on any atom is 0.109 e. The number of aryl methyl sites for hydroxylation is 2. The van der Waals surface area contributed by atoms with Crippen molar-refractivity contribution in [2.45, 2.75) is 27.3 Å². The quantitative estimate of drug-likeness (QED) is 0.851. The number of anilines is 1. The van der Waals surface area contributed by atoms with Gasteiger partial charge in [-0.2, -0.15) is 0 Å². The topological polar surface area (TPSA) is 24.9 Å². The lowest BCUT2D eigenvalue weighted by Gasteiger charge is -2.11. The Hall–Kier alpha value is -1.35. The van der Waals surface area contributed by atoms with Crippen molar-refractivity contribution in [3.05, 3.63) is 57.3 Å². The molecule has 0 saturated carbocycles. The van der Waals surface area contributed by atoms with Crippen LogP contribution in [0.5, 0.6) is 0 Å². The number of aromatic nitrogens is 1. The maximum absolute atomic E-state index is 4.29. The molecule has 0 amide bonds. The summed E-state index contributed by atoms with van der Waals surface area (Å²) in [6, 6.07) is 8.51. The first-order chi connectivity index (χ1) is 8.58. The fourth-order valence-corrected chi connectivity index (χ4v) is 2.07. The van der Waals surface area contributed by atoms with Crippen LogP contribution in [0, 0.1) is 20.8 Å². The van der Waals surface area contributed by atoms with E-state index in [4.69, 9.17) is 0 Å². The van der Waals surface area contributed by atoms with E-state index in [1.165, 1.54) is 16.7 Å². The van der Waals surface area contributed by atoms with Crippen molar-refractivity contribution in [1.82, 2.24) is 4.98 Å². The summed E-state index contributed by atoms with van der Waals surface area (Å²) in [5, 5.41) is 3.41. The summed E-state index contributed by atoms with van der Waals surface area (Å²) in [6.45, 7) is 7.18. The molecule has 1 N–H and O–H groups in total. The number of pyridine rings is 1. The minimum absolute atomic E-state index is 0.830. The Morgan fingerprint density at radius 2 is 1.94 bits per heavy atom. The van der Waals surface area contributed by atoms with Crippen molar-refractivity contribution >= 4 is 21.6 Å². The molecular formula is C15H17BrN2. The summed E-state index contributed by atoms with van der Waals surface area (Å²) in [5.41, 5.74) is 6.21. The molecule has 18 heavy (non-hydrogen) atoms. The van der Waals surface area contributed by atoms with E-state index in [9.17, 15) is 0 Å². The zero-order valence-corrected chi connectivity index (χ0v) is 12.5. The second kappa shape index (κ2) is 5.53. The molecular weight excluding hydrogens is 288 g/mol. The van der Waals surface area contributed by atoms with E-state index in [1.54, 1.807) is 0 Å². The summed E-state index contributed by atoms with van der Waals surface area (Å²) in [5.74, 6) is 0. The monoisotopic (exact) mass is 304 g/mol. The van der Waals surface area contributed by atoms with E-state index in [0.717, 1.165) is 22.4 Å². The highest BCUT2D eigenvalue weighted by Crippen LogP contribution is 2.18. The molecule has 2 nitrogen and oxygen atoms in total. The lowest BCUT2D eigenvalue weighted by Crippen LogP contribution is -2.03. The summed E-state index contributed by atoms with van der Waals surface area (Å²) in [7, 11) is 0. The van der Waals surface area contributed by atoms with Crippen molar-refractivity contribution in [3.63, 3.8) is 0 Å². The van der Waals surface area contributed by atoms with Gasteiger partial charge in [-0.3, -0.25) is 0 Å². The van der Waals surface area contributed by atoms with Crippen LogP contribution in [0.25, 0.3) is 0 Å². The van der Waals surface area contributed by atoms with Gasteiger partial charge >= 0.3 is 0 Å². The third kappa shape index (κ3) is 2.91. The van der Waals surface area contributed by atoms with Gasteiger partial charge in [0.05, 0.1) is 11.9 Å². The Morgan fingerprint density at radius 1 is 1.17 bits per heavy atom. The Balaban J connectivity index is 2.11. The fraction of sp³-hybridized carbons (Fsp3) is 0.267. The van der Waals surface area contributed by atoms with Gasteiger partial charge in [-0.15, -0.1) is 0 Å². The minimum atomic E-state index is 0.830. The summed E-state index contributed by atoms with van der Waals surface area (Å²) < 4.78 is 0.903. The van der Waals surface area contributed by atoms with Gasteiger partial charge < -0.3 is 5.32 Å². The van der Waals surface area contributed by atoms with Crippen molar-refractivity contribution in [1.29, 1.82) is 0 Å². The van der Waals surface area contributed by atoms with Gasteiger partial charge in [0.15, 0.2) is 0 Å². The highest BCUT2D eigenvalue weighted by atomic mass is 79.9. The molecule has 2 aromatic rings. The zero-order valence-electron chi connectivity index (χ0n) is 10.9. The Kier molecular flexibility index (Phi) is 4.02. The largest absolute Gasteiger partial charge is 0.380 e. The minimum Gasteiger partial charge on any atom is -0.380 e. The molecule has 0 saturated heterocycles. The van der Waals surface area contributed by atoms with Crippen LogP contribution in [-0.2, 0) is 6.54 Å². The predicted molar refractivity (Wildman–Crippen MR) is 79.9 cm³/mol. The molecule has 0 aliphatic carbocycles. The Bertz CT molecular complexity index is 564. The van der Waals surface area contributed by atoms with Crippen molar-refractivity contribution in [3.8, 4) is 0 Å². The molecule has 0 fully saturated rings. The summed E-state index contributed by atoms with van der Waals surface area (Å²) >= 11 is 3.41. The number of hydrogen-bond acceptors (Lipinski definition) is 2. The van der Waals surface area contributed by atoms with Crippen molar-refractivity contribution in [2.24, 2.45) is 0 Å². The van der Waals surface area contributed by atoms with Gasteiger partial charge in [-0.25, -0.2) is 4.98 Å². The number of nitrogens with zero attached hydrogens (tertiary/aromatic N) is 1. The van der Waals surface area contributed by atoms with Crippen molar-refractivity contribution in [2.75, 3.05) is 5.32 Å². The molecule has 0 radical (unpaired) electrons. The van der Waals surface area contributed by atoms with Crippen LogP contribution < -0.4 is 5.32 Å². The van der Waals surface area contributed by atoms with E-state index in [1.807, 2.05) is 13.1 Å². The van der Waals surface area contributed by atoms with E-state index < -0.39 is 0 Å². The van der Waals surface area contributed by atoms with Crippen LogP contribution in [0.2, 0.25) is 0 Å². The van der Waals surface area contributed by atoms with Crippen LogP contribution >= 0.6 is 15.9 Å². The molecule has 0 atom stereocenters. The van der Waals surface area contributed by atoms with Crippen LogP contribution in [-0.4, -0.2) is 4.98 Å². The van der Waals surface area contributed by atoms with Crippen LogP contribution in [0.15, 0.2) is 35.1 Å². The standard InChI is InChI=1S/C15H17BrN2/c1-10-5-4-6-13(12(10)3)8-17-14-7-11(2)15(16)18-9-14/h4-7,9,17H,8H2,1-3H3. The average molecular weight is 305 g/mol. The second-order valence-corrected chi connectivity index (χ2v) is 5.30. The van der Waals surface area contributed by atoms with E-state index in [0.29, 0.717) is 0 Å². The van der Waals surface area contributed by atoms with Gasteiger partial charge in [0.2, 0.25) is 0 Å². The molecule has 0 spiro atoms. The number of hydrogen-bond donors (Lipinski definition) is 1. The Morgan fingerprint density at radius 3 is 2.67 bits per heavy atom. The van der Waals surface area contributed by atoms with Crippen molar-refractivity contribution < 1.29 is 0 Å². The Labute approximate surface area is 117 Å². The zero-order chi connectivity index (χ0) is 13.1. The molecule has 1 heterocycles. The predicted octanol–water partition coefficient (Wildman–Crippen LogP) is 4.38. The molecule has 0 aliphatic heterocycles. The molecule has 94 valence electrons. The van der Waals surface area contributed by atoms with Gasteiger partial charge in [-0.1, -0.05) is 18.2 Å². The van der Waals surface area contributed by atoms with E-state index in [-0.39, 0.29) is 0 Å². The number of halogens is 1. The van der Waals surface area contributed by atoms with Gasteiger partial charge in [0.1, 0.15) is 4.60 Å². The SMILES string of the molecule is Cc1cc(NCc2cccc(C)c2C)cnc1Br. The molecule has 1 aromatic carbocycles. The molecule has 0 unspecified atom stereocenters. The summed E-state index contributed by atoms with van der Waals surface area (Å²) in [4.78, 5) is 4.29. The average Bonchev–Trinajstić information content (AvgIpc) is 2.35. The molecule has 1 aromatic heterocycles. The molecule has 0 aliphatic rings. The molecule has 0 bridgehead atoms. The summed E-state index contributed by atoms with van der Waals surface area (Å²) in [6.07, 6.45) is 1.85. The molecule has 3 heteroatoms. The van der Waals surface area contributed by atoms with E-state index in [2.05, 4.69) is 64.3 Å². The highest BCUT2D eigenvalue weighted by molar-refractivity contribution is 9.10. The highest BCUT2D eigenvalue weighted by Gasteiger charge is 2.02. The lowest BCUT2D eigenvalue weighted by atomic mass is 10.0. The lowest BCUT2D eigenvalue weighted by molar-refractivity contribution is 1.09. The first-order valence-electron chi connectivity index (χ1n) is 5.99. The van der Waals surface area contributed by atoms with E-state index >= 15 is 0 Å². The van der Waals surface area contributed by atoms with Gasteiger partial charge in [-0.05, 0) is 65.0 Å². The normalized spacial score (nSPS) is 10.4. The first-order valence-corrected chi connectivity index (χ1v) is 6.78. The number of rotatable bonds is 3. The fourth-order valence-electron chi connectivity index (χ4n) is 1.86. The number of nitrogens with one attached hydrogen (secondary N) is 1. The maximum atomic E-state index is 4.29. The third-order valence-electron chi connectivity index (χ3n) is 3.21. The van der Waals surface area contributed by atoms with Gasteiger partial charge in [0.25, 0.3) is 0 Å². The van der Waals surface area contributed by atoms with Crippen LogP contribution in [0.4, 0.5) is 5.69 Å². The number of benzene rings is 1. The third-order valence-corrected chi connectivity index (χ3v) is 4.04. The first kappa shape index (κ1) is 13.1. The smallest absolute Gasteiger partial charge is 0.109 e. The van der Waals surface area contributed by atoms with Crippen LogP contribution in [0.1, 0.15) is 22.3 Å². The molecule has 2 rings (SSSR count).